The van der Waals surface area contributed by atoms with E-state index in [0.29, 0.717) is 23.8 Å². The van der Waals surface area contributed by atoms with Gasteiger partial charge in [0.25, 0.3) is 0 Å². The highest BCUT2D eigenvalue weighted by atomic mass is 16.5. The molecule has 1 unspecified atom stereocenters. The minimum absolute atomic E-state index is 0.00759. The molecule has 0 fully saturated rings. The molecule has 1 atom stereocenters. The number of rotatable bonds is 4. The molecule has 6 nitrogen and oxygen atoms in total. The van der Waals surface area contributed by atoms with E-state index in [2.05, 4.69) is 0 Å². The number of nitrogens with two attached hydrogens (primary N) is 1. The van der Waals surface area contributed by atoms with Gasteiger partial charge in [-0.1, -0.05) is 30.3 Å². The molecule has 0 bridgehead atoms. The molecular weight excluding hydrogens is 344 g/mol. The van der Waals surface area contributed by atoms with Gasteiger partial charge in [-0.15, -0.1) is 0 Å². The Hall–Kier alpha value is -3.50. The van der Waals surface area contributed by atoms with Gasteiger partial charge in [-0.3, -0.25) is 0 Å². The third-order valence-corrected chi connectivity index (χ3v) is 4.41. The molecule has 2 aromatic rings. The normalized spacial score (nSPS) is 15.1. The fourth-order valence-corrected chi connectivity index (χ4v) is 2.98. The van der Waals surface area contributed by atoms with Crippen molar-refractivity contribution < 1.29 is 19.1 Å². The molecule has 1 amide bonds. The first-order valence-electron chi connectivity index (χ1n) is 8.54. The maximum Gasteiger partial charge on any atom is 0.409 e. The van der Waals surface area contributed by atoms with Gasteiger partial charge in [0.15, 0.2) is 0 Å². The van der Waals surface area contributed by atoms with E-state index in [1.807, 2.05) is 54.2 Å². The van der Waals surface area contributed by atoms with Crippen molar-refractivity contribution in [2.45, 2.75) is 13.0 Å². The molecule has 0 aliphatic carbocycles. The van der Waals surface area contributed by atoms with Crippen LogP contribution in [0.5, 0.6) is 5.75 Å². The molecule has 0 radical (unpaired) electrons. The first kappa shape index (κ1) is 18.3. The predicted molar refractivity (Wildman–Crippen MR) is 101 cm³/mol. The van der Waals surface area contributed by atoms with Gasteiger partial charge in [-0.2, -0.15) is 0 Å². The van der Waals surface area contributed by atoms with Crippen LogP contribution in [-0.2, 0) is 9.53 Å². The molecule has 1 aliphatic rings. The highest BCUT2D eigenvalue weighted by Crippen LogP contribution is 2.28. The summed E-state index contributed by atoms with van der Waals surface area (Å²) in [5, 5.41) is 0. The number of ether oxygens (including phenoxy) is 2. The van der Waals surface area contributed by atoms with E-state index in [1.165, 1.54) is 0 Å². The number of nitrogens with zero attached hydrogens (tertiary/aromatic N) is 1. The maximum atomic E-state index is 11.5. The van der Waals surface area contributed by atoms with Crippen LogP contribution in [0.15, 0.2) is 66.4 Å². The fraction of sp³-hybridized carbons (Fsp3) is 0.190. The van der Waals surface area contributed by atoms with Crippen LogP contribution >= 0.6 is 0 Å². The Labute approximate surface area is 157 Å². The lowest BCUT2D eigenvalue weighted by atomic mass is 10.1. The zero-order chi connectivity index (χ0) is 19.2. The van der Waals surface area contributed by atoms with E-state index in [0.717, 1.165) is 11.1 Å². The Morgan fingerprint density at radius 2 is 1.89 bits per heavy atom. The van der Waals surface area contributed by atoms with Gasteiger partial charge < -0.3 is 20.1 Å². The Morgan fingerprint density at radius 1 is 1.19 bits per heavy atom. The number of hydrogen-bond acceptors (Lipinski definition) is 5. The molecule has 2 aromatic carbocycles. The summed E-state index contributed by atoms with van der Waals surface area (Å²) >= 11 is 0. The third kappa shape index (κ3) is 4.37. The number of benzene rings is 2. The van der Waals surface area contributed by atoms with Crippen molar-refractivity contribution in [3.63, 3.8) is 0 Å². The predicted octanol–water partition coefficient (Wildman–Crippen LogP) is 3.29. The largest absolute Gasteiger partial charge is 0.486 e. The lowest BCUT2D eigenvalue weighted by Crippen LogP contribution is -2.28. The van der Waals surface area contributed by atoms with E-state index < -0.39 is 6.09 Å². The van der Waals surface area contributed by atoms with Gasteiger partial charge in [0.2, 0.25) is 0 Å². The van der Waals surface area contributed by atoms with Gasteiger partial charge in [0.05, 0.1) is 6.04 Å². The highest BCUT2D eigenvalue weighted by Gasteiger charge is 2.22. The lowest BCUT2D eigenvalue weighted by Gasteiger charge is -2.29. The van der Waals surface area contributed by atoms with E-state index >= 15 is 0 Å². The summed E-state index contributed by atoms with van der Waals surface area (Å²) in [5.74, 6) is 3.01. The van der Waals surface area contributed by atoms with Crippen LogP contribution in [0, 0.1) is 0 Å². The van der Waals surface area contributed by atoms with Gasteiger partial charge in [-0.05, 0) is 42.8 Å². The molecule has 138 valence electrons. The topological polar surface area (TPSA) is 81.9 Å². The average Bonchev–Trinajstić information content (AvgIpc) is 2.91. The van der Waals surface area contributed by atoms with Crippen molar-refractivity contribution in [3.8, 4) is 5.75 Å². The van der Waals surface area contributed by atoms with Crippen LogP contribution in [-0.4, -0.2) is 30.1 Å². The Balaban J connectivity index is 1.81. The van der Waals surface area contributed by atoms with Crippen molar-refractivity contribution in [2.75, 3.05) is 13.2 Å². The molecular formula is C21H20N2O4. The van der Waals surface area contributed by atoms with Crippen LogP contribution < -0.4 is 10.5 Å². The lowest BCUT2D eigenvalue weighted by molar-refractivity contribution is 0.211. The molecule has 0 saturated carbocycles. The van der Waals surface area contributed by atoms with Gasteiger partial charge >= 0.3 is 6.09 Å². The van der Waals surface area contributed by atoms with Crippen LogP contribution in [0.3, 0.4) is 0 Å². The monoisotopic (exact) mass is 364 g/mol. The average molecular weight is 364 g/mol. The number of hydrogen-bond donors (Lipinski definition) is 1. The second-order valence-electron chi connectivity index (χ2n) is 6.09. The standard InChI is InChI=1S/C21H20N2O4/c1-15(16-5-3-2-4-6-16)23-12-11-20(26-14-18(23)13-24)17-7-9-19(10-8-17)27-21(22)25/h2-11,15H,12,14H2,1H3,(H2,22,25). The number of carbonyl (C=O) groups excluding carboxylic acids is 2. The molecule has 0 aromatic heterocycles. The smallest absolute Gasteiger partial charge is 0.409 e. The summed E-state index contributed by atoms with van der Waals surface area (Å²) in [5.41, 5.74) is 7.39. The van der Waals surface area contributed by atoms with Crippen LogP contribution in [0.1, 0.15) is 24.1 Å². The molecule has 0 saturated heterocycles. The van der Waals surface area contributed by atoms with E-state index in [4.69, 9.17) is 15.2 Å². The molecule has 6 heteroatoms. The minimum atomic E-state index is -0.862. The Bertz CT molecular complexity index is 884. The molecule has 1 aliphatic heterocycles. The minimum Gasteiger partial charge on any atom is -0.486 e. The van der Waals surface area contributed by atoms with Crippen molar-refractivity contribution in [2.24, 2.45) is 5.73 Å². The summed E-state index contributed by atoms with van der Waals surface area (Å²) < 4.78 is 10.6. The van der Waals surface area contributed by atoms with Crippen molar-refractivity contribution in [3.05, 3.63) is 77.5 Å². The first-order chi connectivity index (χ1) is 13.1. The maximum absolute atomic E-state index is 11.5. The molecule has 0 spiro atoms. The summed E-state index contributed by atoms with van der Waals surface area (Å²) in [6, 6.07) is 16.8. The number of carbonyl (C=O) groups is 1. The summed E-state index contributed by atoms with van der Waals surface area (Å²) in [4.78, 5) is 24.3. The summed E-state index contributed by atoms with van der Waals surface area (Å²) in [6.45, 7) is 2.68. The van der Waals surface area contributed by atoms with Gasteiger partial charge in [0.1, 0.15) is 29.8 Å². The van der Waals surface area contributed by atoms with Crippen LogP contribution in [0.4, 0.5) is 4.79 Å². The Morgan fingerprint density at radius 3 is 2.52 bits per heavy atom. The quantitative estimate of drug-likeness (QED) is 0.842. The summed E-state index contributed by atoms with van der Waals surface area (Å²) in [6.07, 6.45) is 1.06. The summed E-state index contributed by atoms with van der Waals surface area (Å²) in [7, 11) is 0. The zero-order valence-corrected chi connectivity index (χ0v) is 14.9. The van der Waals surface area contributed by atoms with Crippen molar-refractivity contribution >= 4 is 17.8 Å². The SMILES string of the molecule is CC(c1ccccc1)N1CC=C(c2ccc(OC(N)=O)cc2)OCC1=C=O. The fourth-order valence-electron chi connectivity index (χ4n) is 2.98. The van der Waals surface area contributed by atoms with Crippen LogP contribution in [0.2, 0.25) is 0 Å². The Kier molecular flexibility index (Phi) is 5.59. The molecule has 1 heterocycles. The number of amides is 1. The van der Waals surface area contributed by atoms with Crippen molar-refractivity contribution in [1.82, 2.24) is 4.90 Å². The molecule has 2 N–H and O–H groups in total. The molecule has 27 heavy (non-hydrogen) atoms. The van der Waals surface area contributed by atoms with E-state index in [1.54, 1.807) is 24.3 Å². The second-order valence-corrected chi connectivity index (χ2v) is 6.09. The van der Waals surface area contributed by atoms with E-state index in [-0.39, 0.29) is 12.6 Å². The van der Waals surface area contributed by atoms with E-state index in [9.17, 15) is 9.59 Å². The van der Waals surface area contributed by atoms with Gasteiger partial charge in [-0.25, -0.2) is 9.59 Å². The molecule has 3 rings (SSSR count). The number of primary amides is 1. The van der Waals surface area contributed by atoms with Crippen LogP contribution in [0.25, 0.3) is 5.76 Å². The zero-order valence-electron chi connectivity index (χ0n) is 14.9. The first-order valence-corrected chi connectivity index (χ1v) is 8.54. The highest BCUT2D eigenvalue weighted by molar-refractivity contribution is 5.69. The second kappa shape index (κ2) is 8.25. The van der Waals surface area contributed by atoms with Crippen molar-refractivity contribution in [1.29, 1.82) is 0 Å². The van der Waals surface area contributed by atoms with Gasteiger partial charge in [0, 0.05) is 12.1 Å². The third-order valence-electron chi connectivity index (χ3n) is 4.41.